The number of hydrogen-bond acceptors (Lipinski definition) is 10. The lowest BCUT2D eigenvalue weighted by Gasteiger charge is -2.37. The van der Waals surface area contributed by atoms with E-state index in [1.165, 1.54) is 6.33 Å². The summed E-state index contributed by atoms with van der Waals surface area (Å²) in [6, 6.07) is 3.02. The molecule has 3 aromatic heterocycles. The van der Waals surface area contributed by atoms with E-state index in [0.29, 0.717) is 35.6 Å². The van der Waals surface area contributed by atoms with Gasteiger partial charge in [0.05, 0.1) is 28.2 Å². The first kappa shape index (κ1) is 34.5. The van der Waals surface area contributed by atoms with Gasteiger partial charge in [0.15, 0.2) is 22.6 Å². The Morgan fingerprint density at radius 3 is 2.47 bits per heavy atom. The zero-order valence-corrected chi connectivity index (χ0v) is 28.6. The van der Waals surface area contributed by atoms with Crippen molar-refractivity contribution in [3.8, 4) is 5.75 Å². The molecule has 1 saturated carbocycles. The maximum atomic E-state index is 14.4. The highest BCUT2D eigenvalue weighted by Crippen LogP contribution is 2.42. The molecule has 4 aromatic rings. The number of amides is 2. The number of fused-ring (bicyclic) bond motifs is 2. The van der Waals surface area contributed by atoms with Gasteiger partial charge in [-0.25, -0.2) is 19.9 Å². The summed E-state index contributed by atoms with van der Waals surface area (Å²) in [7, 11) is 0. The number of nitrogens with one attached hydrogen (secondary N) is 1. The van der Waals surface area contributed by atoms with Gasteiger partial charge in [-0.1, -0.05) is 18.5 Å². The Balaban J connectivity index is 1.23. The SMILES string of the molecule is CCc1c(N2CCN(C(=O)c3ncnc(C)c3O)CC2)c(=O)c2nc(N3CCC4CCC43)cnc2n1CC(=O)Nc1ccc(C(F)(F)F)cc1Cl. The fourth-order valence-corrected chi connectivity index (χ4v) is 7.53. The summed E-state index contributed by atoms with van der Waals surface area (Å²) >= 11 is 6.13. The van der Waals surface area contributed by atoms with E-state index in [-0.39, 0.29) is 77.2 Å². The van der Waals surface area contributed by atoms with Gasteiger partial charge in [0.1, 0.15) is 24.4 Å². The molecule has 3 aliphatic rings. The van der Waals surface area contributed by atoms with Crippen LogP contribution in [0.2, 0.25) is 5.02 Å². The third-order valence-corrected chi connectivity index (χ3v) is 10.4. The Bertz CT molecular complexity index is 2100. The molecule has 0 bridgehead atoms. The van der Waals surface area contributed by atoms with Crippen molar-refractivity contribution in [2.24, 2.45) is 5.92 Å². The van der Waals surface area contributed by atoms with E-state index in [4.69, 9.17) is 16.6 Å². The predicted octanol–water partition coefficient (Wildman–Crippen LogP) is 4.42. The number of pyridine rings is 1. The average molecular weight is 726 g/mol. The van der Waals surface area contributed by atoms with Crippen LogP contribution in [0.5, 0.6) is 5.75 Å². The van der Waals surface area contributed by atoms with Gasteiger partial charge in [-0.3, -0.25) is 14.4 Å². The molecule has 2 amide bonds. The molecular formula is C34H35ClF3N9O4. The van der Waals surface area contributed by atoms with E-state index in [1.807, 2.05) is 11.8 Å². The number of anilines is 3. The fourth-order valence-electron chi connectivity index (χ4n) is 7.30. The summed E-state index contributed by atoms with van der Waals surface area (Å²) < 4.78 is 41.3. The summed E-state index contributed by atoms with van der Waals surface area (Å²) in [6.07, 6.45) is 1.79. The molecule has 0 radical (unpaired) electrons. The topological polar surface area (TPSA) is 150 Å². The molecule has 51 heavy (non-hydrogen) atoms. The maximum absolute atomic E-state index is 14.4. The molecular weight excluding hydrogens is 691 g/mol. The molecule has 2 unspecified atom stereocenters. The number of benzene rings is 1. The largest absolute Gasteiger partial charge is 0.504 e. The monoisotopic (exact) mass is 725 g/mol. The first-order valence-corrected chi connectivity index (χ1v) is 17.1. The molecule has 268 valence electrons. The number of carbonyl (C=O) groups excluding carboxylic acids is 2. The maximum Gasteiger partial charge on any atom is 0.416 e. The van der Waals surface area contributed by atoms with Crippen LogP contribution in [0.1, 0.15) is 53.6 Å². The van der Waals surface area contributed by atoms with Gasteiger partial charge in [-0.15, -0.1) is 0 Å². The van der Waals surface area contributed by atoms with Crippen LogP contribution >= 0.6 is 11.6 Å². The molecule has 2 aliphatic heterocycles. The normalized spacial score (nSPS) is 18.9. The van der Waals surface area contributed by atoms with Crippen LogP contribution in [0.3, 0.4) is 0 Å². The fraction of sp³-hybridized carbons (Fsp3) is 0.441. The number of halogens is 4. The van der Waals surface area contributed by atoms with Crippen LogP contribution in [0, 0.1) is 12.8 Å². The Labute approximate surface area is 295 Å². The minimum absolute atomic E-state index is 0.00134. The Morgan fingerprint density at radius 1 is 1.06 bits per heavy atom. The van der Waals surface area contributed by atoms with Crippen molar-refractivity contribution in [1.82, 2.24) is 29.4 Å². The molecule has 2 saturated heterocycles. The third-order valence-electron chi connectivity index (χ3n) is 10.1. The van der Waals surface area contributed by atoms with Gasteiger partial charge < -0.3 is 29.7 Å². The van der Waals surface area contributed by atoms with Gasteiger partial charge in [-0.05, 0) is 56.7 Å². The summed E-state index contributed by atoms with van der Waals surface area (Å²) in [5.41, 5.74) is -0.00134. The number of aryl methyl sites for hydroxylation is 1. The van der Waals surface area contributed by atoms with Crippen molar-refractivity contribution in [3.05, 3.63) is 68.6 Å². The number of aromatic nitrogens is 5. The van der Waals surface area contributed by atoms with E-state index < -0.39 is 23.6 Å². The molecule has 0 spiro atoms. The van der Waals surface area contributed by atoms with Crippen LogP contribution in [-0.4, -0.2) is 85.1 Å². The molecule has 1 aromatic carbocycles. The molecule has 13 nitrogen and oxygen atoms in total. The third kappa shape index (κ3) is 6.29. The van der Waals surface area contributed by atoms with E-state index >= 15 is 0 Å². The highest BCUT2D eigenvalue weighted by Gasteiger charge is 2.41. The number of alkyl halides is 3. The van der Waals surface area contributed by atoms with Crippen LogP contribution in [0.25, 0.3) is 11.2 Å². The first-order chi connectivity index (χ1) is 24.3. The second-order valence-corrected chi connectivity index (χ2v) is 13.4. The number of carbonyl (C=O) groups is 2. The standard InChI is InChI=1S/C34H35ClF3N9O4/c1-3-23-29(44-10-12-45(13-11-44)33(51)28-30(49)18(2)40-17-41-28)31(50)27-32(39-15-25(43-27)46-9-8-19-4-7-24(19)46)47(23)16-26(48)42-22-6-5-20(14-21(22)35)34(36,37)38/h5-6,14-15,17,19,24,49H,3-4,7-13,16H2,1-2H3,(H,42,48). The summed E-state index contributed by atoms with van der Waals surface area (Å²) in [4.78, 5) is 64.2. The predicted molar refractivity (Wildman–Crippen MR) is 183 cm³/mol. The van der Waals surface area contributed by atoms with Crippen molar-refractivity contribution in [1.29, 1.82) is 0 Å². The van der Waals surface area contributed by atoms with Crippen molar-refractivity contribution in [2.75, 3.05) is 47.8 Å². The van der Waals surface area contributed by atoms with E-state index in [2.05, 4.69) is 25.2 Å². The number of hydrogen-bond donors (Lipinski definition) is 2. The second kappa shape index (κ2) is 13.3. The lowest BCUT2D eigenvalue weighted by Crippen LogP contribution is -2.50. The second-order valence-electron chi connectivity index (χ2n) is 13.0. The van der Waals surface area contributed by atoms with E-state index in [0.717, 1.165) is 44.0 Å². The molecule has 7 rings (SSSR count). The lowest BCUT2D eigenvalue weighted by atomic mass is 9.80. The minimum Gasteiger partial charge on any atom is -0.504 e. The molecule has 5 heterocycles. The number of piperazine rings is 1. The zero-order chi connectivity index (χ0) is 36.2. The lowest BCUT2D eigenvalue weighted by molar-refractivity contribution is -0.137. The Morgan fingerprint density at radius 2 is 1.82 bits per heavy atom. The summed E-state index contributed by atoms with van der Waals surface area (Å²) in [5.74, 6) is -0.166. The van der Waals surface area contributed by atoms with Crippen LogP contribution in [0.4, 0.5) is 30.4 Å². The van der Waals surface area contributed by atoms with Crippen molar-refractivity contribution in [3.63, 3.8) is 0 Å². The van der Waals surface area contributed by atoms with Crippen molar-refractivity contribution >= 4 is 51.8 Å². The van der Waals surface area contributed by atoms with Crippen LogP contribution in [-0.2, 0) is 23.9 Å². The van der Waals surface area contributed by atoms with Gasteiger partial charge in [0.25, 0.3) is 5.91 Å². The molecule has 2 N–H and O–H groups in total. The smallest absolute Gasteiger partial charge is 0.416 e. The van der Waals surface area contributed by atoms with Gasteiger partial charge >= 0.3 is 6.18 Å². The zero-order valence-electron chi connectivity index (χ0n) is 27.9. The van der Waals surface area contributed by atoms with E-state index in [9.17, 15) is 32.7 Å². The van der Waals surface area contributed by atoms with Crippen LogP contribution in [0.15, 0.2) is 35.5 Å². The first-order valence-electron chi connectivity index (χ1n) is 16.8. The van der Waals surface area contributed by atoms with Crippen molar-refractivity contribution in [2.45, 2.75) is 58.3 Å². The number of aromatic hydroxyl groups is 1. The minimum atomic E-state index is -4.60. The highest BCUT2D eigenvalue weighted by molar-refractivity contribution is 6.33. The van der Waals surface area contributed by atoms with Crippen molar-refractivity contribution < 1.29 is 27.9 Å². The summed E-state index contributed by atoms with van der Waals surface area (Å²) in [5, 5.41) is 12.7. The molecule has 2 atom stereocenters. The number of nitrogens with zero attached hydrogens (tertiary/aromatic N) is 8. The Hall–Kier alpha value is -4.99. The molecule has 17 heteroatoms. The average Bonchev–Trinajstić information content (AvgIpc) is 3.39. The summed E-state index contributed by atoms with van der Waals surface area (Å²) in [6.45, 7) is 4.85. The van der Waals surface area contributed by atoms with E-state index in [1.54, 1.807) is 22.6 Å². The molecule has 1 aliphatic carbocycles. The van der Waals surface area contributed by atoms with Gasteiger partial charge in [-0.2, -0.15) is 13.2 Å². The van der Waals surface area contributed by atoms with Gasteiger partial charge in [0.2, 0.25) is 11.3 Å². The Kier molecular flexibility index (Phi) is 8.98. The quantitative estimate of drug-likeness (QED) is 0.281. The number of rotatable bonds is 7. The van der Waals surface area contributed by atoms with Crippen LogP contribution < -0.4 is 20.5 Å². The molecule has 3 fully saturated rings. The van der Waals surface area contributed by atoms with Gasteiger partial charge in [0, 0.05) is 44.5 Å². The highest BCUT2D eigenvalue weighted by atomic mass is 35.5.